The van der Waals surface area contributed by atoms with Crippen LogP contribution >= 0.6 is 0 Å². The molecule has 2 aliphatic rings. The van der Waals surface area contributed by atoms with Gasteiger partial charge in [-0.3, -0.25) is 9.59 Å². The summed E-state index contributed by atoms with van der Waals surface area (Å²) in [6.07, 6.45) is 12.5. The Balaban J connectivity index is 1.43. The number of benzene rings is 1. The van der Waals surface area contributed by atoms with Crippen LogP contribution in [-0.2, 0) is 14.3 Å². The van der Waals surface area contributed by atoms with Crippen LogP contribution in [0.15, 0.2) is 24.3 Å². The lowest BCUT2D eigenvalue weighted by atomic mass is 9.80. The van der Waals surface area contributed by atoms with Gasteiger partial charge in [-0.1, -0.05) is 76.8 Å². The lowest BCUT2D eigenvalue weighted by molar-refractivity contribution is -0.143. The number of hydrogen-bond donors (Lipinski definition) is 0. The van der Waals surface area contributed by atoms with Gasteiger partial charge in [-0.2, -0.15) is 0 Å². The number of esters is 2. The van der Waals surface area contributed by atoms with Gasteiger partial charge >= 0.3 is 11.9 Å². The zero-order valence-corrected chi connectivity index (χ0v) is 22.2. The number of carbonyl (C=O) groups excluding carboxylic acids is 2. The maximum absolute atomic E-state index is 12.7. The van der Waals surface area contributed by atoms with E-state index in [0.717, 1.165) is 50.0 Å². The van der Waals surface area contributed by atoms with E-state index in [1.165, 1.54) is 38.1 Å². The molecule has 0 spiro atoms. The van der Waals surface area contributed by atoms with Gasteiger partial charge in [0.2, 0.25) is 0 Å². The first-order chi connectivity index (χ1) is 15.7. The van der Waals surface area contributed by atoms with Crippen molar-refractivity contribution in [1.29, 1.82) is 0 Å². The topological polar surface area (TPSA) is 52.6 Å². The molecule has 2 fully saturated rings. The first kappa shape index (κ1) is 26.0. The van der Waals surface area contributed by atoms with Gasteiger partial charge in [0, 0.05) is 14.5 Å². The van der Waals surface area contributed by atoms with Crippen molar-refractivity contribution in [3.63, 3.8) is 0 Å². The molecule has 0 amide bonds. The van der Waals surface area contributed by atoms with Crippen LogP contribution in [0.4, 0.5) is 0 Å². The summed E-state index contributed by atoms with van der Waals surface area (Å²) in [7, 11) is -1.14. The molecule has 2 atom stereocenters. The van der Waals surface area contributed by atoms with Crippen molar-refractivity contribution in [2.45, 2.75) is 115 Å². The van der Waals surface area contributed by atoms with Gasteiger partial charge in [0.15, 0.2) is 0 Å². The van der Waals surface area contributed by atoms with E-state index in [9.17, 15) is 9.59 Å². The largest absolute Gasteiger partial charge is 0.462 e. The molecule has 0 radical (unpaired) electrons. The van der Waals surface area contributed by atoms with Crippen molar-refractivity contribution in [3.8, 4) is 5.75 Å². The van der Waals surface area contributed by atoms with Gasteiger partial charge in [-0.25, -0.2) is 0 Å². The highest BCUT2D eigenvalue weighted by Gasteiger charge is 2.36. The molecule has 0 aromatic heterocycles. The van der Waals surface area contributed by atoms with Gasteiger partial charge in [-0.05, 0) is 55.7 Å². The minimum Gasteiger partial charge on any atom is -0.462 e. The average molecular weight is 473 g/mol. The number of hydrogen-bond acceptors (Lipinski definition) is 4. The van der Waals surface area contributed by atoms with Crippen molar-refractivity contribution < 1.29 is 19.1 Å². The van der Waals surface area contributed by atoms with E-state index in [0.29, 0.717) is 5.75 Å². The number of rotatable bonds is 11. The highest BCUT2D eigenvalue weighted by atomic mass is 28.3. The predicted molar refractivity (Wildman–Crippen MR) is 136 cm³/mol. The number of ether oxygens (including phenoxy) is 2. The van der Waals surface area contributed by atoms with Crippen molar-refractivity contribution in [2.24, 2.45) is 11.8 Å². The lowest BCUT2D eigenvalue weighted by Crippen LogP contribution is -2.25. The normalized spacial score (nSPS) is 25.6. The molecule has 5 heteroatoms. The summed E-state index contributed by atoms with van der Waals surface area (Å²) in [4.78, 5) is 25.1. The summed E-state index contributed by atoms with van der Waals surface area (Å²) >= 11 is 0. The summed E-state index contributed by atoms with van der Waals surface area (Å²) in [5.74, 6) is 0.964. The van der Waals surface area contributed by atoms with Crippen LogP contribution in [0.5, 0.6) is 5.75 Å². The van der Waals surface area contributed by atoms with Crippen molar-refractivity contribution >= 4 is 20.0 Å². The Hall–Kier alpha value is -1.62. The fraction of sp³-hybridized carbons (Fsp3) is 0.714. The van der Waals surface area contributed by atoms with E-state index in [1.54, 1.807) is 0 Å². The maximum atomic E-state index is 12.7. The van der Waals surface area contributed by atoms with Gasteiger partial charge in [0.1, 0.15) is 11.9 Å². The van der Waals surface area contributed by atoms with Gasteiger partial charge in [0.05, 0.1) is 11.8 Å². The van der Waals surface area contributed by atoms with Crippen LogP contribution in [0.2, 0.25) is 25.7 Å². The molecule has 1 aromatic rings. The first-order valence-electron chi connectivity index (χ1n) is 13.3. The Bertz CT molecular complexity index is 759. The second-order valence-electron chi connectivity index (χ2n) is 11.5. The quantitative estimate of drug-likeness (QED) is 0.145. The molecule has 1 aromatic carbocycles. The zero-order chi connectivity index (χ0) is 23.8. The van der Waals surface area contributed by atoms with E-state index in [1.807, 2.05) is 24.3 Å². The highest BCUT2D eigenvalue weighted by molar-refractivity contribution is 6.76. The van der Waals surface area contributed by atoms with E-state index in [4.69, 9.17) is 9.47 Å². The standard InChI is InChI=1S/C28H44O4Si/c1-5-6-7-8-9-21-10-12-23(13-11-21)27(29)31-24-16-14-22(15-17-24)26-20-25(32-28(26)30)18-19-33(2,3)4/h14-17,21,23,25-26H,5-13,18-20H2,1-4H3/t21?,23?,25-,26-/m1/s1. The van der Waals surface area contributed by atoms with Crippen LogP contribution < -0.4 is 4.74 Å². The smallest absolute Gasteiger partial charge is 0.314 e. The molecule has 1 aliphatic heterocycles. The Morgan fingerprint density at radius 3 is 2.33 bits per heavy atom. The first-order valence-corrected chi connectivity index (χ1v) is 17.0. The van der Waals surface area contributed by atoms with Gasteiger partial charge in [-0.15, -0.1) is 0 Å². The molecule has 3 rings (SSSR count). The third kappa shape index (κ3) is 8.27. The number of carbonyl (C=O) groups is 2. The molecule has 1 saturated heterocycles. The van der Waals surface area contributed by atoms with E-state index in [-0.39, 0.29) is 29.9 Å². The molecule has 4 nitrogen and oxygen atoms in total. The Kier molecular flexibility index (Phi) is 9.60. The third-order valence-electron chi connectivity index (χ3n) is 7.43. The summed E-state index contributed by atoms with van der Waals surface area (Å²) in [6, 6.07) is 8.67. The molecule has 184 valence electrons. The molecular weight excluding hydrogens is 428 g/mol. The summed E-state index contributed by atoms with van der Waals surface area (Å²) in [5.41, 5.74) is 0.957. The highest BCUT2D eigenvalue weighted by Crippen LogP contribution is 2.35. The minimum absolute atomic E-state index is 0.0218. The van der Waals surface area contributed by atoms with Crippen LogP contribution in [0.25, 0.3) is 0 Å². The SMILES string of the molecule is CCCCCCC1CCC(C(=O)Oc2ccc([C@H]3C[C@@H](CC[Si](C)(C)C)OC3=O)cc2)CC1. The maximum Gasteiger partial charge on any atom is 0.314 e. The zero-order valence-electron chi connectivity index (χ0n) is 21.2. The molecule has 33 heavy (non-hydrogen) atoms. The van der Waals surface area contributed by atoms with Crippen molar-refractivity contribution in [1.82, 2.24) is 0 Å². The molecule has 1 aliphatic carbocycles. The van der Waals surface area contributed by atoms with Crippen LogP contribution in [0, 0.1) is 11.8 Å². The minimum atomic E-state index is -1.14. The molecule has 0 bridgehead atoms. The van der Waals surface area contributed by atoms with Gasteiger partial charge < -0.3 is 9.47 Å². The second kappa shape index (κ2) is 12.2. The fourth-order valence-corrected chi connectivity index (χ4v) is 6.40. The molecule has 1 saturated carbocycles. The van der Waals surface area contributed by atoms with Gasteiger partial charge in [0.25, 0.3) is 0 Å². The Morgan fingerprint density at radius 2 is 1.70 bits per heavy atom. The molecular formula is C28H44O4Si. The summed E-state index contributed by atoms with van der Waals surface area (Å²) < 4.78 is 11.3. The Morgan fingerprint density at radius 1 is 1.00 bits per heavy atom. The monoisotopic (exact) mass is 472 g/mol. The summed E-state index contributed by atoms with van der Waals surface area (Å²) in [6.45, 7) is 9.29. The van der Waals surface area contributed by atoms with E-state index >= 15 is 0 Å². The van der Waals surface area contributed by atoms with Crippen LogP contribution in [0.3, 0.4) is 0 Å². The van der Waals surface area contributed by atoms with Crippen molar-refractivity contribution in [3.05, 3.63) is 29.8 Å². The number of cyclic esters (lactones) is 1. The fourth-order valence-electron chi connectivity index (χ4n) is 5.21. The Labute approximate surface area is 201 Å². The van der Waals surface area contributed by atoms with Crippen LogP contribution in [0.1, 0.15) is 89.0 Å². The van der Waals surface area contributed by atoms with E-state index in [2.05, 4.69) is 26.6 Å². The average Bonchev–Trinajstić information content (AvgIpc) is 3.16. The van der Waals surface area contributed by atoms with Crippen molar-refractivity contribution in [2.75, 3.05) is 0 Å². The van der Waals surface area contributed by atoms with E-state index < -0.39 is 8.07 Å². The predicted octanol–water partition coefficient (Wildman–Crippen LogP) is 7.50. The summed E-state index contributed by atoms with van der Waals surface area (Å²) in [5, 5.41) is 0. The molecule has 1 heterocycles. The third-order valence-corrected chi connectivity index (χ3v) is 9.22. The van der Waals surface area contributed by atoms with Crippen LogP contribution in [-0.4, -0.2) is 26.1 Å². The number of unbranched alkanes of at least 4 members (excludes halogenated alkanes) is 3. The lowest BCUT2D eigenvalue weighted by Gasteiger charge is -2.27. The molecule has 0 unspecified atom stereocenters. The molecule has 0 N–H and O–H groups in total. The second-order valence-corrected chi connectivity index (χ2v) is 17.1.